The number of aromatic carboxylic acids is 1. The van der Waals surface area contributed by atoms with Crippen molar-refractivity contribution in [1.82, 2.24) is 0 Å². The van der Waals surface area contributed by atoms with Gasteiger partial charge in [0.2, 0.25) is 0 Å². The van der Waals surface area contributed by atoms with Crippen LogP contribution in [0.5, 0.6) is 0 Å². The van der Waals surface area contributed by atoms with Gasteiger partial charge in [-0.15, -0.1) is 0 Å². The van der Waals surface area contributed by atoms with Crippen molar-refractivity contribution in [2.24, 2.45) is 0 Å². The minimum absolute atomic E-state index is 0.294. The number of carbonyl (C=O) groups is 1. The summed E-state index contributed by atoms with van der Waals surface area (Å²) >= 11 is 1.80. The molecule has 86 valence electrons. The van der Waals surface area contributed by atoms with Crippen LogP contribution in [0, 0.1) is 0 Å². The fourth-order valence-corrected chi connectivity index (χ4v) is 2.13. The molecular weight excluding hydrogens is 220 g/mol. The van der Waals surface area contributed by atoms with Crippen molar-refractivity contribution < 1.29 is 9.90 Å². The zero-order valence-electron chi connectivity index (χ0n) is 9.36. The van der Waals surface area contributed by atoms with Crippen molar-refractivity contribution in [2.45, 2.75) is 13.3 Å². The molecule has 0 saturated carbocycles. The predicted octanol–water partition coefficient (Wildman–Crippen LogP) is 1.99. The van der Waals surface area contributed by atoms with E-state index in [9.17, 15) is 9.90 Å². The van der Waals surface area contributed by atoms with Gasteiger partial charge in [0.05, 0.1) is 5.97 Å². The van der Waals surface area contributed by atoms with E-state index in [2.05, 4.69) is 13.5 Å². The Bertz CT molecular complexity index is 386. The van der Waals surface area contributed by atoms with Gasteiger partial charge in [0, 0.05) is 5.56 Å². The third-order valence-electron chi connectivity index (χ3n) is 2.30. The van der Waals surface area contributed by atoms with E-state index >= 15 is 0 Å². The number of carboxylic acids is 1. The van der Waals surface area contributed by atoms with Crippen LogP contribution in [-0.2, 0) is 6.42 Å². The molecule has 0 aliphatic heterocycles. The first-order valence-electron chi connectivity index (χ1n) is 5.23. The number of benzene rings is 1. The molecule has 16 heavy (non-hydrogen) atoms. The summed E-state index contributed by atoms with van der Waals surface area (Å²) in [4.78, 5) is 10.9. The Kier molecular flexibility index (Phi) is 5.12. The molecule has 1 aromatic rings. The topological polar surface area (TPSA) is 40.1 Å². The molecule has 0 atom stereocenters. The summed E-state index contributed by atoms with van der Waals surface area (Å²) in [5.74, 6) is 0.867. The van der Waals surface area contributed by atoms with Gasteiger partial charge in [-0.25, -0.2) is 0 Å². The van der Waals surface area contributed by atoms with Crippen LogP contribution in [0.1, 0.15) is 28.4 Å². The molecule has 2 nitrogen and oxygen atoms in total. The largest absolute Gasteiger partial charge is 0.545 e. The molecule has 0 aliphatic rings. The number of thioether (sulfide) groups is 1. The summed E-state index contributed by atoms with van der Waals surface area (Å²) in [6.45, 7) is 5.76. The van der Waals surface area contributed by atoms with Crippen molar-refractivity contribution >= 4 is 23.8 Å². The molecule has 0 radical (unpaired) electrons. The number of rotatable bonds is 6. The fourth-order valence-electron chi connectivity index (χ4n) is 1.47. The summed E-state index contributed by atoms with van der Waals surface area (Å²) in [6.07, 6.45) is 2.47. The molecule has 0 unspecified atom stereocenters. The van der Waals surface area contributed by atoms with Crippen molar-refractivity contribution in [2.75, 3.05) is 11.5 Å². The molecule has 1 aromatic carbocycles. The van der Waals surface area contributed by atoms with Gasteiger partial charge in [-0.3, -0.25) is 0 Å². The first-order chi connectivity index (χ1) is 7.69. The maximum Gasteiger partial charge on any atom is 0.0718 e. The van der Waals surface area contributed by atoms with Gasteiger partial charge in [-0.05, 0) is 29.1 Å². The zero-order chi connectivity index (χ0) is 12.0. The molecule has 0 amide bonds. The average molecular weight is 235 g/mol. The van der Waals surface area contributed by atoms with Crippen LogP contribution >= 0.6 is 11.8 Å². The normalized spacial score (nSPS) is 10.1. The summed E-state index contributed by atoms with van der Waals surface area (Å²) < 4.78 is 0. The van der Waals surface area contributed by atoms with Gasteiger partial charge in [0.1, 0.15) is 0 Å². The lowest BCUT2D eigenvalue weighted by Crippen LogP contribution is -2.24. The first kappa shape index (κ1) is 12.8. The van der Waals surface area contributed by atoms with Crippen molar-refractivity contribution in [3.05, 3.63) is 41.5 Å². The van der Waals surface area contributed by atoms with E-state index in [0.717, 1.165) is 29.1 Å². The molecule has 0 aliphatic carbocycles. The van der Waals surface area contributed by atoms with Crippen LogP contribution in [0.2, 0.25) is 0 Å². The predicted molar refractivity (Wildman–Crippen MR) is 67.6 cm³/mol. The summed E-state index contributed by atoms with van der Waals surface area (Å²) in [7, 11) is 0. The number of hydrogen-bond acceptors (Lipinski definition) is 3. The fraction of sp³-hybridized carbons (Fsp3) is 0.308. The van der Waals surface area contributed by atoms with E-state index in [0.29, 0.717) is 5.56 Å². The lowest BCUT2D eigenvalue weighted by atomic mass is 10.0. The van der Waals surface area contributed by atoms with Crippen LogP contribution < -0.4 is 5.11 Å². The highest BCUT2D eigenvalue weighted by Crippen LogP contribution is 2.15. The Morgan fingerprint density at radius 1 is 1.56 bits per heavy atom. The number of carbonyl (C=O) groups excluding carboxylic acids is 1. The number of aryl methyl sites for hydroxylation is 1. The molecule has 0 spiro atoms. The first-order valence-corrected chi connectivity index (χ1v) is 6.39. The lowest BCUT2D eigenvalue weighted by molar-refractivity contribution is -0.255. The molecule has 1 rings (SSSR count). The number of hydrogen-bond donors (Lipinski definition) is 0. The van der Waals surface area contributed by atoms with Crippen molar-refractivity contribution in [3.63, 3.8) is 0 Å². The summed E-state index contributed by atoms with van der Waals surface area (Å²) in [5, 5.41) is 10.9. The molecule has 0 aromatic heterocycles. The Hall–Kier alpha value is -1.22. The second-order valence-electron chi connectivity index (χ2n) is 3.36. The van der Waals surface area contributed by atoms with Crippen LogP contribution in [0.3, 0.4) is 0 Å². The second-order valence-corrected chi connectivity index (χ2v) is 4.75. The van der Waals surface area contributed by atoms with Gasteiger partial charge >= 0.3 is 0 Å². The van der Waals surface area contributed by atoms with Gasteiger partial charge in [-0.1, -0.05) is 37.8 Å². The third-order valence-corrected chi connectivity index (χ3v) is 3.21. The quantitative estimate of drug-likeness (QED) is 0.708. The van der Waals surface area contributed by atoms with Crippen LogP contribution in [0.25, 0.3) is 6.08 Å². The molecule has 0 bridgehead atoms. The summed E-state index contributed by atoms with van der Waals surface area (Å²) in [6, 6.07) is 5.21. The lowest BCUT2D eigenvalue weighted by Gasteiger charge is -2.11. The van der Waals surface area contributed by atoms with E-state index in [1.807, 2.05) is 6.07 Å². The molecular formula is C13H15O2S-. The molecule has 0 N–H and O–H groups in total. The number of carboxylic acid groups (broad SMARTS) is 1. The molecule has 0 saturated heterocycles. The smallest absolute Gasteiger partial charge is 0.0718 e. The van der Waals surface area contributed by atoms with E-state index in [1.165, 1.54) is 0 Å². The van der Waals surface area contributed by atoms with Crippen molar-refractivity contribution in [1.29, 1.82) is 0 Å². The van der Waals surface area contributed by atoms with Gasteiger partial charge in [0.15, 0.2) is 0 Å². The van der Waals surface area contributed by atoms with Gasteiger partial charge < -0.3 is 9.90 Å². The highest BCUT2D eigenvalue weighted by atomic mass is 32.2. The summed E-state index contributed by atoms with van der Waals surface area (Å²) in [5.41, 5.74) is 2.07. The second kappa shape index (κ2) is 6.38. The van der Waals surface area contributed by atoms with E-state index < -0.39 is 5.97 Å². The minimum Gasteiger partial charge on any atom is -0.545 e. The Balaban J connectivity index is 2.91. The van der Waals surface area contributed by atoms with Crippen LogP contribution in [0.4, 0.5) is 0 Å². The maximum atomic E-state index is 10.9. The monoisotopic (exact) mass is 235 g/mol. The van der Waals surface area contributed by atoms with E-state index in [4.69, 9.17) is 0 Å². The minimum atomic E-state index is -1.10. The van der Waals surface area contributed by atoms with E-state index in [-0.39, 0.29) is 0 Å². The third kappa shape index (κ3) is 3.42. The Morgan fingerprint density at radius 3 is 2.88 bits per heavy atom. The standard InChI is InChI=1S/C13H16O2S/c1-3-10-5-6-12(13(14)15)11(9-10)7-8-16-4-2/h3,5-6,9H,1,4,7-8H2,2H3,(H,14,15)/p-1. The molecule has 0 heterocycles. The maximum absolute atomic E-state index is 10.9. The van der Waals surface area contributed by atoms with Gasteiger partial charge in [0.25, 0.3) is 0 Å². The molecule has 3 heteroatoms. The highest BCUT2D eigenvalue weighted by molar-refractivity contribution is 7.99. The van der Waals surface area contributed by atoms with Crippen LogP contribution in [0.15, 0.2) is 24.8 Å². The Labute approximate surface area is 100 Å². The zero-order valence-corrected chi connectivity index (χ0v) is 10.2. The average Bonchev–Trinajstić information content (AvgIpc) is 2.29. The van der Waals surface area contributed by atoms with Crippen molar-refractivity contribution in [3.8, 4) is 0 Å². The highest BCUT2D eigenvalue weighted by Gasteiger charge is 2.04. The van der Waals surface area contributed by atoms with Crippen LogP contribution in [-0.4, -0.2) is 17.5 Å². The van der Waals surface area contributed by atoms with Gasteiger partial charge in [-0.2, -0.15) is 11.8 Å². The Morgan fingerprint density at radius 2 is 2.31 bits per heavy atom. The SMILES string of the molecule is C=Cc1ccc(C(=O)[O-])c(CCSCC)c1. The molecule has 0 fully saturated rings. The van der Waals surface area contributed by atoms with E-state index in [1.54, 1.807) is 30.0 Å².